The second kappa shape index (κ2) is 9.13. The number of hydrogen-bond acceptors (Lipinski definition) is 7. The maximum atomic E-state index is 12.6. The molecule has 30 heavy (non-hydrogen) atoms. The van der Waals surface area contributed by atoms with Crippen LogP contribution in [-0.2, 0) is 24.7 Å². The van der Waals surface area contributed by atoms with Crippen LogP contribution in [0.5, 0.6) is 5.75 Å². The second-order valence-electron chi connectivity index (χ2n) is 6.28. The van der Waals surface area contributed by atoms with Gasteiger partial charge < -0.3 is 4.74 Å². The number of hydrazine groups is 1. The van der Waals surface area contributed by atoms with Crippen molar-refractivity contribution >= 4 is 37.4 Å². The Morgan fingerprint density at radius 1 is 0.967 bits per heavy atom. The van der Waals surface area contributed by atoms with Crippen LogP contribution < -0.4 is 20.3 Å². The number of nitrogens with one attached hydrogen (secondary N) is 3. The predicted octanol–water partition coefficient (Wildman–Crippen LogP) is 0.690. The van der Waals surface area contributed by atoms with Crippen LogP contribution in [0.3, 0.4) is 0 Å². The molecule has 2 rings (SSSR count). The van der Waals surface area contributed by atoms with Crippen LogP contribution in [0.4, 0.5) is 5.69 Å². The molecule has 2 aromatic rings. The third-order valence-corrected chi connectivity index (χ3v) is 6.94. The van der Waals surface area contributed by atoms with Gasteiger partial charge in [0.05, 0.1) is 12.0 Å². The van der Waals surface area contributed by atoms with E-state index in [2.05, 4.69) is 10.1 Å². The molecule has 0 fully saturated rings. The highest BCUT2D eigenvalue weighted by Crippen LogP contribution is 2.20. The first-order valence-corrected chi connectivity index (χ1v) is 11.9. The summed E-state index contributed by atoms with van der Waals surface area (Å²) in [6.07, 6.45) is 0.892. The molecule has 0 heterocycles. The number of benzene rings is 2. The highest BCUT2D eigenvalue weighted by atomic mass is 32.2. The highest BCUT2D eigenvalue weighted by molar-refractivity contribution is 7.92. The molecule has 0 aliphatic carbocycles. The second-order valence-corrected chi connectivity index (χ2v) is 10.3. The van der Waals surface area contributed by atoms with Crippen LogP contribution in [0.25, 0.3) is 0 Å². The maximum absolute atomic E-state index is 12.6. The molecule has 0 spiro atoms. The van der Waals surface area contributed by atoms with Crippen LogP contribution in [0, 0.1) is 0 Å². The highest BCUT2D eigenvalue weighted by Gasteiger charge is 2.24. The molecule has 0 saturated carbocycles. The van der Waals surface area contributed by atoms with E-state index in [1.165, 1.54) is 44.4 Å². The number of carbonyl (C=O) groups excluding carboxylic acids is 2. The van der Waals surface area contributed by atoms with Gasteiger partial charge in [0, 0.05) is 17.5 Å². The van der Waals surface area contributed by atoms with E-state index in [4.69, 9.17) is 4.74 Å². The lowest BCUT2D eigenvalue weighted by atomic mass is 10.2. The Bertz CT molecular complexity index is 1140. The molecule has 0 saturated heterocycles. The zero-order chi connectivity index (χ0) is 22.5. The number of sulfone groups is 1. The fourth-order valence-electron chi connectivity index (χ4n) is 2.16. The molecule has 0 aliphatic rings. The molecule has 0 aliphatic heterocycles. The molecule has 1 unspecified atom stereocenters. The first kappa shape index (κ1) is 23.2. The van der Waals surface area contributed by atoms with Crippen LogP contribution in [-0.4, -0.2) is 47.3 Å². The molecular weight excluding hydrogens is 434 g/mol. The number of anilines is 1. The molecule has 0 radical (unpaired) electrons. The van der Waals surface area contributed by atoms with Crippen molar-refractivity contribution in [3.8, 4) is 5.75 Å². The summed E-state index contributed by atoms with van der Waals surface area (Å²) in [5, 5.41) is -1.36. The van der Waals surface area contributed by atoms with Crippen LogP contribution >= 0.6 is 0 Å². The maximum Gasteiger partial charge on any atom is 0.269 e. The number of ether oxygens (including phenoxy) is 1. The monoisotopic (exact) mass is 455 g/mol. The number of hydrogen-bond donors (Lipinski definition) is 3. The summed E-state index contributed by atoms with van der Waals surface area (Å²) >= 11 is 0. The predicted molar refractivity (Wildman–Crippen MR) is 110 cm³/mol. The van der Waals surface area contributed by atoms with Crippen LogP contribution in [0.1, 0.15) is 17.3 Å². The minimum atomic E-state index is -3.99. The van der Waals surface area contributed by atoms with E-state index in [-0.39, 0.29) is 10.5 Å². The smallest absolute Gasteiger partial charge is 0.269 e. The average Bonchev–Trinajstić information content (AvgIpc) is 2.70. The Kier molecular flexibility index (Phi) is 7.05. The van der Waals surface area contributed by atoms with Crippen molar-refractivity contribution < 1.29 is 31.2 Å². The van der Waals surface area contributed by atoms with E-state index >= 15 is 0 Å². The Hall–Kier alpha value is -3.12. The van der Waals surface area contributed by atoms with E-state index in [1.807, 2.05) is 5.43 Å². The summed E-state index contributed by atoms with van der Waals surface area (Å²) in [6, 6.07) is 11.3. The first-order valence-electron chi connectivity index (χ1n) is 8.50. The van der Waals surface area contributed by atoms with Crippen molar-refractivity contribution in [2.75, 3.05) is 18.1 Å². The fraction of sp³-hybridized carbons (Fsp3) is 0.222. The van der Waals surface area contributed by atoms with E-state index in [0.29, 0.717) is 11.4 Å². The van der Waals surface area contributed by atoms with Gasteiger partial charge in [0.25, 0.3) is 21.8 Å². The molecule has 1 atom stereocenters. The molecule has 12 heteroatoms. The van der Waals surface area contributed by atoms with Gasteiger partial charge in [0.1, 0.15) is 11.0 Å². The van der Waals surface area contributed by atoms with E-state index < -0.39 is 36.9 Å². The lowest BCUT2D eigenvalue weighted by Gasteiger charge is -2.12. The van der Waals surface area contributed by atoms with Gasteiger partial charge in [-0.1, -0.05) is 6.07 Å². The van der Waals surface area contributed by atoms with Gasteiger partial charge in [0.15, 0.2) is 9.84 Å². The van der Waals surface area contributed by atoms with E-state index in [0.717, 1.165) is 12.3 Å². The lowest BCUT2D eigenvalue weighted by molar-refractivity contribution is -0.121. The van der Waals surface area contributed by atoms with Crippen LogP contribution in [0.2, 0.25) is 0 Å². The fourth-order valence-corrected chi connectivity index (χ4v) is 3.72. The van der Waals surface area contributed by atoms with E-state index in [1.54, 1.807) is 12.1 Å². The normalized spacial score (nSPS) is 12.5. The standard InChI is InChI=1S/C18H21N3O7S2/c1-12(29(3,24)25)17(22)19-20-18(23)13-5-4-6-16(11-13)30(26,27)21-14-7-9-15(28-2)10-8-14/h4-12,21H,1-3H3,(H,19,22)(H,20,23). The first-order chi connectivity index (χ1) is 13.9. The van der Waals surface area contributed by atoms with Gasteiger partial charge >= 0.3 is 0 Å². The number of amides is 2. The number of carbonyl (C=O) groups is 2. The number of methoxy groups -OCH3 is 1. The summed E-state index contributed by atoms with van der Waals surface area (Å²) in [7, 11) is -6.14. The molecule has 10 nitrogen and oxygen atoms in total. The Balaban J connectivity index is 2.12. The summed E-state index contributed by atoms with van der Waals surface area (Å²) < 4.78 is 55.3. The zero-order valence-electron chi connectivity index (χ0n) is 16.4. The third kappa shape index (κ3) is 5.94. The van der Waals surface area contributed by atoms with Crippen molar-refractivity contribution in [2.24, 2.45) is 0 Å². The Labute approximate surface area is 174 Å². The lowest BCUT2D eigenvalue weighted by Crippen LogP contribution is -2.47. The van der Waals surface area contributed by atoms with Crippen molar-refractivity contribution in [1.82, 2.24) is 10.9 Å². The van der Waals surface area contributed by atoms with Crippen LogP contribution in [0.15, 0.2) is 53.4 Å². The molecule has 2 amide bonds. The largest absolute Gasteiger partial charge is 0.497 e. The molecule has 162 valence electrons. The molecule has 0 aromatic heterocycles. The third-order valence-electron chi connectivity index (χ3n) is 4.06. The van der Waals surface area contributed by atoms with Gasteiger partial charge in [-0.2, -0.15) is 0 Å². The molecule has 3 N–H and O–H groups in total. The van der Waals surface area contributed by atoms with Crippen molar-refractivity contribution in [1.29, 1.82) is 0 Å². The quantitative estimate of drug-likeness (QED) is 0.520. The van der Waals surface area contributed by atoms with Gasteiger partial charge in [-0.25, -0.2) is 16.8 Å². The average molecular weight is 456 g/mol. The van der Waals surface area contributed by atoms with Gasteiger partial charge in [-0.15, -0.1) is 0 Å². The minimum absolute atomic E-state index is 0.0556. The number of sulfonamides is 1. The van der Waals surface area contributed by atoms with Gasteiger partial charge in [-0.3, -0.25) is 25.2 Å². The topological polar surface area (TPSA) is 148 Å². The summed E-state index contributed by atoms with van der Waals surface area (Å²) in [6.45, 7) is 1.18. The molecular formula is C18H21N3O7S2. The summed E-state index contributed by atoms with van der Waals surface area (Å²) in [4.78, 5) is 23.8. The molecule has 0 bridgehead atoms. The number of rotatable bonds is 7. The van der Waals surface area contributed by atoms with Gasteiger partial charge in [-0.05, 0) is 49.4 Å². The zero-order valence-corrected chi connectivity index (χ0v) is 18.0. The Morgan fingerprint density at radius 2 is 1.60 bits per heavy atom. The minimum Gasteiger partial charge on any atom is -0.497 e. The van der Waals surface area contributed by atoms with Crippen molar-refractivity contribution in [2.45, 2.75) is 17.1 Å². The Morgan fingerprint density at radius 3 is 2.17 bits per heavy atom. The summed E-state index contributed by atoms with van der Waals surface area (Å²) in [5.74, 6) is -1.18. The summed E-state index contributed by atoms with van der Waals surface area (Å²) in [5.41, 5.74) is 4.31. The van der Waals surface area contributed by atoms with Crippen molar-refractivity contribution in [3.63, 3.8) is 0 Å². The van der Waals surface area contributed by atoms with E-state index in [9.17, 15) is 26.4 Å². The van der Waals surface area contributed by atoms with Crippen molar-refractivity contribution in [3.05, 3.63) is 54.1 Å². The van der Waals surface area contributed by atoms with Gasteiger partial charge in [0.2, 0.25) is 0 Å². The SMILES string of the molecule is COc1ccc(NS(=O)(=O)c2cccc(C(=O)NNC(=O)C(C)S(C)(=O)=O)c2)cc1. The molecule has 2 aromatic carbocycles.